The molecule has 2 radical (unpaired) electrons. The molecule has 0 N–H and O–H groups in total. The fourth-order valence-electron chi connectivity index (χ4n) is 18.0. The van der Waals surface area contributed by atoms with Crippen LogP contribution in [0.2, 0.25) is 0 Å². The summed E-state index contributed by atoms with van der Waals surface area (Å²) in [6.45, 7) is 67.9. The molecule has 0 heterocycles. The average molecular weight is 1550 g/mol. The smallest absolute Gasteiger partial charge is 0 e. The van der Waals surface area contributed by atoms with Gasteiger partial charge in [0.2, 0.25) is 0 Å². The summed E-state index contributed by atoms with van der Waals surface area (Å²) in [6, 6.07) is 0. The number of hydrogen-bond acceptors (Lipinski definition) is 0. The Labute approximate surface area is 690 Å². The molecule has 14 aliphatic carbocycles. The van der Waals surface area contributed by atoms with E-state index in [1.54, 1.807) is 154 Å². The molecule has 14 fully saturated rings. The van der Waals surface area contributed by atoms with Crippen molar-refractivity contribution in [3.8, 4) is 0 Å². The van der Waals surface area contributed by atoms with Gasteiger partial charge < -0.3 is 27.7 Å². The van der Waals surface area contributed by atoms with Crippen LogP contribution in [0.3, 0.4) is 0 Å². The van der Waals surface area contributed by atoms with E-state index in [-0.39, 0.29) is 65.4 Å². The molecule has 10 atom stereocenters. The summed E-state index contributed by atoms with van der Waals surface area (Å²) in [5.74, 6) is 23.3. The molecule has 0 bridgehead atoms. The van der Waals surface area contributed by atoms with E-state index in [9.17, 15) is 0 Å². The molecular formula is C98H196Y2-4. The minimum atomic E-state index is 0. The molecular weight excluding hydrogens is 1350 g/mol. The van der Waals surface area contributed by atoms with Gasteiger partial charge >= 0.3 is 0 Å². The third kappa shape index (κ3) is 66.0. The Kier molecular flexibility index (Phi) is 76.3. The molecule has 10 unspecified atom stereocenters. The second kappa shape index (κ2) is 70.3. The van der Waals surface area contributed by atoms with Crippen LogP contribution in [0.4, 0.5) is 0 Å². The Morgan fingerprint density at radius 1 is 0.130 bits per heavy atom. The van der Waals surface area contributed by atoms with Crippen molar-refractivity contribution < 1.29 is 65.4 Å². The molecule has 0 saturated heterocycles. The van der Waals surface area contributed by atoms with Gasteiger partial charge in [-0.2, -0.15) is 23.7 Å². The number of hydrogen-bond donors (Lipinski definition) is 0. The first-order valence-electron chi connectivity index (χ1n) is 45.6. The van der Waals surface area contributed by atoms with Gasteiger partial charge in [0.25, 0.3) is 0 Å². The zero-order chi connectivity index (χ0) is 74.4. The minimum absolute atomic E-state index is 0. The molecule has 14 rings (SSSR count). The van der Waals surface area contributed by atoms with E-state index in [4.69, 9.17) is 0 Å². The Balaban J connectivity index is -0.000000497. The normalized spacial score (nSPS) is 31.3. The van der Waals surface area contributed by atoms with Crippen molar-refractivity contribution in [2.75, 3.05) is 0 Å². The molecule has 14 aliphatic rings. The first-order chi connectivity index (χ1) is 46.3. The predicted molar refractivity (Wildman–Crippen MR) is 454 cm³/mol. The second-order valence-electron chi connectivity index (χ2n) is 40.5. The fraction of sp³-hybridized carbons (Fsp3) is 0.959. The molecule has 100 heavy (non-hydrogen) atoms. The predicted octanol–water partition coefficient (Wildman–Crippen LogP) is 34.5. The van der Waals surface area contributed by atoms with E-state index in [1.165, 1.54) is 212 Å². The van der Waals surface area contributed by atoms with Crippen molar-refractivity contribution in [3.63, 3.8) is 0 Å². The van der Waals surface area contributed by atoms with Gasteiger partial charge in [-0.3, -0.25) is 0 Å². The zero-order valence-corrected chi connectivity index (χ0v) is 80.0. The third-order valence-corrected chi connectivity index (χ3v) is 22.4. The van der Waals surface area contributed by atoms with Crippen molar-refractivity contribution >= 4 is 0 Å². The molecule has 14 saturated carbocycles. The van der Waals surface area contributed by atoms with Gasteiger partial charge in [-0.1, -0.05) is 462 Å². The minimum Gasteiger partial charge on any atom is -0.342 e. The van der Waals surface area contributed by atoms with Crippen LogP contribution >= 0.6 is 0 Å². The van der Waals surface area contributed by atoms with Crippen molar-refractivity contribution in [1.82, 2.24) is 0 Å². The van der Waals surface area contributed by atoms with E-state index < -0.39 is 0 Å². The second-order valence-corrected chi connectivity index (χ2v) is 40.5. The Hall–Kier alpha value is 2.21. The summed E-state index contributed by atoms with van der Waals surface area (Å²) >= 11 is 0. The number of rotatable bonds is 0. The molecule has 0 amide bonds. The molecule has 0 aliphatic heterocycles. The Bertz CT molecular complexity index is 1300. The van der Waals surface area contributed by atoms with E-state index in [1.807, 2.05) is 0 Å². The van der Waals surface area contributed by atoms with E-state index in [0.29, 0.717) is 23.7 Å². The van der Waals surface area contributed by atoms with Crippen LogP contribution in [0, 0.1) is 170 Å². The van der Waals surface area contributed by atoms with Gasteiger partial charge in [0.15, 0.2) is 0 Å². The monoisotopic (exact) mass is 1550 g/mol. The summed E-state index contributed by atoms with van der Waals surface area (Å²) in [6.07, 6.45) is 69.8. The summed E-state index contributed by atoms with van der Waals surface area (Å²) in [7, 11) is 0. The third-order valence-electron chi connectivity index (χ3n) is 22.4. The van der Waals surface area contributed by atoms with Crippen molar-refractivity contribution in [3.05, 3.63) is 27.7 Å². The maximum Gasteiger partial charge on any atom is 0 e. The number of fused-ring (bicyclic) bond motifs is 6. The van der Waals surface area contributed by atoms with Gasteiger partial charge in [-0.15, -0.1) is 0 Å². The standard InChI is InChI=1S/3C9H16.4C8H14.C7H12.8C4H10.2Y/c3*1-2-5-9-7-3-6-8(9)4-1;3*1-3-7-5-2-6-8(7)4-1;1-7-5-3-4-6-8(7)2;1-6-4-3-5-7(6)2;8*1-4(2)3;;/h3*8-9H,1-7H2;4*7-8H,1-6H2;6-7H,1-5H2;8*4H,1-3H3;;/q;;;;;;2*-2;;;;;;;;;;. The van der Waals surface area contributed by atoms with Crippen LogP contribution in [0.5, 0.6) is 0 Å². The van der Waals surface area contributed by atoms with E-state index in [2.05, 4.69) is 194 Å². The SMILES string of the molecule is C1CC2CCCC2C1.C1CC2CCCC2C1.C1CC2CCCC2C1.C1CCC2CCCC2C1.C1CCC2CCCC2C1.C1CCC2CCCC2C1.CC(C)C.CC(C)C.CC(C)C.CC(C)C.CC(C)C.CC(C)C.CC(C)C.CC(C)C.[CH2-]C1CCCC1[CH2-].[CH2-]C1CCCCC1[CH2-].[Y].[Y]. The topological polar surface area (TPSA) is 0 Å². The first-order valence-corrected chi connectivity index (χ1v) is 45.6. The first kappa shape index (κ1) is 109. The summed E-state index contributed by atoms with van der Waals surface area (Å²) in [5, 5.41) is 0. The molecule has 0 aromatic heterocycles. The van der Waals surface area contributed by atoms with Gasteiger partial charge in [-0.25, -0.2) is 0 Å². The summed E-state index contributed by atoms with van der Waals surface area (Å²) in [5.41, 5.74) is 0. The fourth-order valence-corrected chi connectivity index (χ4v) is 18.0. The van der Waals surface area contributed by atoms with Gasteiger partial charge in [-0.05, 0) is 118 Å². The van der Waals surface area contributed by atoms with E-state index >= 15 is 0 Å². The van der Waals surface area contributed by atoms with Gasteiger partial charge in [0.1, 0.15) is 0 Å². The molecule has 2 heteroatoms. The van der Waals surface area contributed by atoms with Crippen molar-refractivity contribution in [2.45, 2.75) is 462 Å². The van der Waals surface area contributed by atoms with Gasteiger partial charge in [0.05, 0.1) is 0 Å². The van der Waals surface area contributed by atoms with Crippen molar-refractivity contribution in [1.29, 1.82) is 0 Å². The van der Waals surface area contributed by atoms with Crippen LogP contribution in [-0.4, -0.2) is 0 Å². The molecule has 0 nitrogen and oxygen atoms in total. The van der Waals surface area contributed by atoms with Crippen LogP contribution in [0.1, 0.15) is 462 Å². The largest absolute Gasteiger partial charge is 0.342 e. The van der Waals surface area contributed by atoms with E-state index in [0.717, 1.165) is 47.3 Å². The average Bonchev–Trinajstić information content (AvgIpc) is 1.75. The molecule has 598 valence electrons. The quantitative estimate of drug-likeness (QED) is 0.212. The Morgan fingerprint density at radius 3 is 0.270 bits per heavy atom. The molecule has 0 spiro atoms. The maximum atomic E-state index is 4.02. The van der Waals surface area contributed by atoms with Crippen LogP contribution in [0.15, 0.2) is 0 Å². The summed E-state index contributed by atoms with van der Waals surface area (Å²) < 4.78 is 0. The van der Waals surface area contributed by atoms with Crippen LogP contribution < -0.4 is 0 Å². The molecule has 0 aromatic carbocycles. The maximum absolute atomic E-state index is 4.02. The van der Waals surface area contributed by atoms with Gasteiger partial charge in [0, 0.05) is 65.4 Å². The summed E-state index contributed by atoms with van der Waals surface area (Å²) in [4.78, 5) is 0. The Morgan fingerprint density at radius 2 is 0.190 bits per heavy atom. The van der Waals surface area contributed by atoms with Crippen LogP contribution in [-0.2, 0) is 65.4 Å². The van der Waals surface area contributed by atoms with Crippen LogP contribution in [0.25, 0.3) is 0 Å². The molecule has 0 aromatic rings. The van der Waals surface area contributed by atoms with Crippen molar-refractivity contribution in [2.24, 2.45) is 142 Å². The zero-order valence-electron chi connectivity index (χ0n) is 74.4.